The lowest BCUT2D eigenvalue weighted by Crippen LogP contribution is -2.15. The molecule has 0 aliphatic rings. The maximum absolute atomic E-state index is 12.6. The van der Waals surface area contributed by atoms with Gasteiger partial charge in [-0.2, -0.15) is 11.8 Å². The zero-order valence-electron chi connectivity index (χ0n) is 9.49. The van der Waals surface area contributed by atoms with Crippen molar-refractivity contribution in [3.8, 4) is 0 Å². The van der Waals surface area contributed by atoms with Crippen LogP contribution in [0.3, 0.4) is 0 Å². The second-order valence-corrected chi connectivity index (χ2v) is 6.07. The van der Waals surface area contributed by atoms with Gasteiger partial charge in [0.1, 0.15) is 5.82 Å². The van der Waals surface area contributed by atoms with Gasteiger partial charge in [0.05, 0.1) is 0 Å². The highest BCUT2D eigenvalue weighted by atomic mass is 32.2. The number of rotatable bonds is 7. The fraction of sp³-hybridized carbons (Fsp3) is 0.500. The van der Waals surface area contributed by atoms with Crippen molar-refractivity contribution >= 4 is 23.5 Å². The summed E-state index contributed by atoms with van der Waals surface area (Å²) < 4.78 is 12.6. The van der Waals surface area contributed by atoms with Crippen molar-refractivity contribution in [1.82, 2.24) is 0 Å². The minimum Gasteiger partial charge on any atom is -0.328 e. The molecular weight excluding hydrogens is 241 g/mol. The summed E-state index contributed by atoms with van der Waals surface area (Å²) in [6.45, 7) is 2.04. The van der Waals surface area contributed by atoms with Crippen LogP contribution in [-0.4, -0.2) is 23.3 Å². The number of nitrogens with two attached hydrogens (primary N) is 1. The summed E-state index contributed by atoms with van der Waals surface area (Å²) in [7, 11) is 0. The van der Waals surface area contributed by atoms with Crippen molar-refractivity contribution in [1.29, 1.82) is 0 Å². The van der Waals surface area contributed by atoms with E-state index in [0.29, 0.717) is 6.04 Å². The highest BCUT2D eigenvalue weighted by Crippen LogP contribution is 2.19. The van der Waals surface area contributed by atoms with Crippen LogP contribution < -0.4 is 5.73 Å². The van der Waals surface area contributed by atoms with Crippen molar-refractivity contribution in [2.45, 2.75) is 24.3 Å². The molecule has 1 unspecified atom stereocenters. The molecule has 0 bridgehead atoms. The molecule has 90 valence electrons. The number of halogens is 1. The van der Waals surface area contributed by atoms with Crippen LogP contribution in [0.25, 0.3) is 0 Å². The fourth-order valence-corrected chi connectivity index (χ4v) is 3.23. The zero-order chi connectivity index (χ0) is 11.8. The number of hydrogen-bond acceptors (Lipinski definition) is 3. The average Bonchev–Trinajstić information content (AvgIpc) is 2.25. The molecule has 0 spiro atoms. The highest BCUT2D eigenvalue weighted by molar-refractivity contribution is 8.02. The van der Waals surface area contributed by atoms with E-state index in [1.165, 1.54) is 12.1 Å². The molecular formula is C12H18FNS2. The Kier molecular flexibility index (Phi) is 6.92. The van der Waals surface area contributed by atoms with Gasteiger partial charge < -0.3 is 5.73 Å². The molecule has 2 N–H and O–H groups in total. The lowest BCUT2D eigenvalue weighted by molar-refractivity contribution is 0.626. The molecule has 0 aromatic heterocycles. The van der Waals surface area contributed by atoms with Crippen molar-refractivity contribution in [2.75, 3.05) is 17.3 Å². The second kappa shape index (κ2) is 7.98. The van der Waals surface area contributed by atoms with Gasteiger partial charge >= 0.3 is 0 Å². The van der Waals surface area contributed by atoms with E-state index in [4.69, 9.17) is 5.73 Å². The fourth-order valence-electron chi connectivity index (χ4n) is 1.12. The third-order valence-electron chi connectivity index (χ3n) is 2.03. The molecule has 4 heteroatoms. The number of hydrogen-bond donors (Lipinski definition) is 1. The summed E-state index contributed by atoms with van der Waals surface area (Å²) >= 11 is 3.70. The molecule has 1 atom stereocenters. The first-order valence-electron chi connectivity index (χ1n) is 5.40. The highest BCUT2D eigenvalue weighted by Gasteiger charge is 1.97. The molecule has 16 heavy (non-hydrogen) atoms. The first-order chi connectivity index (χ1) is 7.68. The van der Waals surface area contributed by atoms with Gasteiger partial charge in [-0.15, -0.1) is 11.8 Å². The van der Waals surface area contributed by atoms with Gasteiger partial charge in [-0.3, -0.25) is 0 Å². The van der Waals surface area contributed by atoms with E-state index in [1.807, 2.05) is 30.8 Å². The smallest absolute Gasteiger partial charge is 0.123 e. The van der Waals surface area contributed by atoms with Crippen LogP contribution >= 0.6 is 23.5 Å². The summed E-state index contributed by atoms with van der Waals surface area (Å²) in [6, 6.07) is 6.97. The first kappa shape index (κ1) is 13.9. The Bertz CT molecular complexity index is 288. The van der Waals surface area contributed by atoms with Crippen LogP contribution in [-0.2, 0) is 0 Å². The van der Waals surface area contributed by atoms with E-state index in [2.05, 4.69) is 0 Å². The molecule has 0 amide bonds. The van der Waals surface area contributed by atoms with E-state index in [0.717, 1.165) is 28.6 Å². The minimum atomic E-state index is -0.171. The predicted octanol–water partition coefficient (Wildman–Crippen LogP) is 3.39. The first-order valence-corrected chi connectivity index (χ1v) is 7.54. The topological polar surface area (TPSA) is 26.0 Å². The SMILES string of the molecule is CC(N)CCSCCSc1ccc(F)cc1. The molecule has 1 aromatic carbocycles. The van der Waals surface area contributed by atoms with Gasteiger partial charge in [-0.05, 0) is 43.4 Å². The molecule has 0 aliphatic heterocycles. The lowest BCUT2D eigenvalue weighted by atomic mass is 10.3. The van der Waals surface area contributed by atoms with E-state index >= 15 is 0 Å². The van der Waals surface area contributed by atoms with E-state index < -0.39 is 0 Å². The maximum atomic E-state index is 12.6. The van der Waals surface area contributed by atoms with Gasteiger partial charge in [0, 0.05) is 22.4 Å². The molecule has 1 nitrogen and oxygen atoms in total. The Morgan fingerprint density at radius 2 is 1.88 bits per heavy atom. The van der Waals surface area contributed by atoms with Gasteiger partial charge in [-0.1, -0.05) is 0 Å². The number of benzene rings is 1. The second-order valence-electron chi connectivity index (χ2n) is 3.68. The van der Waals surface area contributed by atoms with Crippen LogP contribution in [0.5, 0.6) is 0 Å². The van der Waals surface area contributed by atoms with Gasteiger partial charge in [0.25, 0.3) is 0 Å². The lowest BCUT2D eigenvalue weighted by Gasteiger charge is -2.04. The molecule has 0 radical (unpaired) electrons. The van der Waals surface area contributed by atoms with Crippen LogP contribution in [0.2, 0.25) is 0 Å². The molecule has 1 aromatic rings. The molecule has 0 saturated heterocycles. The van der Waals surface area contributed by atoms with E-state index in [-0.39, 0.29) is 5.82 Å². The van der Waals surface area contributed by atoms with E-state index in [1.54, 1.807) is 11.8 Å². The third kappa shape index (κ3) is 6.40. The monoisotopic (exact) mass is 259 g/mol. The quantitative estimate of drug-likeness (QED) is 0.600. The normalized spacial score (nSPS) is 12.7. The minimum absolute atomic E-state index is 0.171. The summed E-state index contributed by atoms with van der Waals surface area (Å²) in [5, 5.41) is 0. The van der Waals surface area contributed by atoms with Crippen molar-refractivity contribution in [3.05, 3.63) is 30.1 Å². The van der Waals surface area contributed by atoms with E-state index in [9.17, 15) is 4.39 Å². The molecule has 0 aliphatic carbocycles. The summed E-state index contributed by atoms with van der Waals surface area (Å²) in [6.07, 6.45) is 1.08. The molecule has 0 saturated carbocycles. The Balaban J connectivity index is 2.05. The van der Waals surface area contributed by atoms with Crippen LogP contribution in [0, 0.1) is 5.82 Å². The van der Waals surface area contributed by atoms with Crippen LogP contribution in [0.1, 0.15) is 13.3 Å². The Morgan fingerprint density at radius 3 is 2.50 bits per heavy atom. The standard InChI is InChI=1S/C12H18FNS2/c1-10(14)6-7-15-8-9-16-12-4-2-11(13)3-5-12/h2-5,10H,6-9,14H2,1H3. The summed E-state index contributed by atoms with van der Waals surface area (Å²) in [5.74, 6) is 3.14. The Labute approximate surface area is 105 Å². The molecule has 0 heterocycles. The summed E-state index contributed by atoms with van der Waals surface area (Å²) in [4.78, 5) is 1.13. The van der Waals surface area contributed by atoms with Gasteiger partial charge in [0.2, 0.25) is 0 Å². The average molecular weight is 259 g/mol. The van der Waals surface area contributed by atoms with Crippen LogP contribution in [0.15, 0.2) is 29.2 Å². The van der Waals surface area contributed by atoms with Crippen molar-refractivity contribution in [2.24, 2.45) is 5.73 Å². The Morgan fingerprint density at radius 1 is 1.19 bits per heavy atom. The van der Waals surface area contributed by atoms with Crippen molar-refractivity contribution < 1.29 is 4.39 Å². The van der Waals surface area contributed by atoms with Gasteiger partial charge in [0.15, 0.2) is 0 Å². The number of thioether (sulfide) groups is 2. The van der Waals surface area contributed by atoms with Crippen LogP contribution in [0.4, 0.5) is 4.39 Å². The maximum Gasteiger partial charge on any atom is 0.123 e. The predicted molar refractivity (Wildman–Crippen MR) is 72.7 cm³/mol. The van der Waals surface area contributed by atoms with Gasteiger partial charge in [-0.25, -0.2) is 4.39 Å². The third-order valence-corrected chi connectivity index (χ3v) is 4.32. The molecule has 0 fully saturated rings. The zero-order valence-corrected chi connectivity index (χ0v) is 11.1. The Hall–Kier alpha value is -0.190. The van der Waals surface area contributed by atoms with Crippen molar-refractivity contribution in [3.63, 3.8) is 0 Å². The largest absolute Gasteiger partial charge is 0.328 e. The molecule has 1 rings (SSSR count). The summed E-state index contributed by atoms with van der Waals surface area (Å²) in [5.41, 5.74) is 5.66.